The van der Waals surface area contributed by atoms with Gasteiger partial charge in [0.2, 0.25) is 0 Å². The quantitative estimate of drug-likeness (QED) is 0.662. The molecule has 3 aromatic rings. The van der Waals surface area contributed by atoms with Crippen molar-refractivity contribution < 1.29 is 9.53 Å². The fraction of sp³-hybridized carbons (Fsp3) is 0.150. The van der Waals surface area contributed by atoms with Crippen molar-refractivity contribution in [3.8, 4) is 17.4 Å². The summed E-state index contributed by atoms with van der Waals surface area (Å²) in [6, 6.07) is 17.6. The van der Waals surface area contributed by atoms with Crippen molar-refractivity contribution in [3.05, 3.63) is 71.8 Å². The van der Waals surface area contributed by atoms with Crippen LogP contribution in [-0.4, -0.2) is 27.3 Å². The largest absolute Gasteiger partial charge is 0.463 e. The molecule has 5 heteroatoms. The average molecular weight is 333 g/mol. The Morgan fingerprint density at radius 2 is 1.84 bits per heavy atom. The standard InChI is InChI=1S/C20H19N3O2/c1-3-25-20-21-19(17-12-8-7-9-15(17)2)23(22-20)18(24)14-13-16-10-5-4-6-11-16/h4-14H,3H2,1-2H3/b14-13+. The lowest BCUT2D eigenvalue weighted by atomic mass is 10.1. The molecular weight excluding hydrogens is 314 g/mol. The van der Waals surface area contributed by atoms with E-state index in [9.17, 15) is 4.79 Å². The molecule has 0 aliphatic heterocycles. The average Bonchev–Trinajstić information content (AvgIpc) is 3.05. The van der Waals surface area contributed by atoms with E-state index in [1.807, 2.05) is 68.4 Å². The van der Waals surface area contributed by atoms with E-state index >= 15 is 0 Å². The molecule has 0 aliphatic rings. The predicted molar refractivity (Wildman–Crippen MR) is 97.5 cm³/mol. The summed E-state index contributed by atoms with van der Waals surface area (Å²) in [5.41, 5.74) is 2.81. The molecule has 0 atom stereocenters. The van der Waals surface area contributed by atoms with E-state index in [2.05, 4.69) is 10.1 Å². The summed E-state index contributed by atoms with van der Waals surface area (Å²) < 4.78 is 6.67. The molecule has 0 N–H and O–H groups in total. The summed E-state index contributed by atoms with van der Waals surface area (Å²) in [5.74, 6) is 0.199. The summed E-state index contributed by atoms with van der Waals surface area (Å²) >= 11 is 0. The van der Waals surface area contributed by atoms with Gasteiger partial charge in [-0.2, -0.15) is 9.67 Å². The summed E-state index contributed by atoms with van der Waals surface area (Å²) in [6.07, 6.45) is 3.24. The van der Waals surface area contributed by atoms with Crippen molar-refractivity contribution in [2.24, 2.45) is 0 Å². The molecule has 0 saturated carbocycles. The van der Waals surface area contributed by atoms with Crippen LogP contribution in [0.3, 0.4) is 0 Å². The maximum absolute atomic E-state index is 12.7. The zero-order valence-electron chi connectivity index (χ0n) is 14.2. The first-order valence-corrected chi connectivity index (χ1v) is 8.12. The first-order chi connectivity index (χ1) is 12.2. The van der Waals surface area contributed by atoms with Crippen LogP contribution in [0.5, 0.6) is 6.01 Å². The summed E-state index contributed by atoms with van der Waals surface area (Å²) in [6.45, 7) is 4.26. The summed E-state index contributed by atoms with van der Waals surface area (Å²) in [4.78, 5) is 17.0. The first-order valence-electron chi connectivity index (χ1n) is 8.12. The minimum atomic E-state index is -0.277. The normalized spacial score (nSPS) is 11.0. The smallest absolute Gasteiger partial charge is 0.336 e. The van der Waals surface area contributed by atoms with Gasteiger partial charge >= 0.3 is 6.01 Å². The molecule has 0 aliphatic carbocycles. The molecular formula is C20H19N3O2. The number of benzene rings is 2. The minimum absolute atomic E-state index is 0.196. The van der Waals surface area contributed by atoms with Gasteiger partial charge in [-0.15, -0.1) is 5.10 Å². The molecule has 0 radical (unpaired) electrons. The van der Waals surface area contributed by atoms with Crippen molar-refractivity contribution in [1.29, 1.82) is 0 Å². The minimum Gasteiger partial charge on any atom is -0.463 e. The highest BCUT2D eigenvalue weighted by Crippen LogP contribution is 2.23. The monoisotopic (exact) mass is 333 g/mol. The predicted octanol–water partition coefficient (Wildman–Crippen LogP) is 4.01. The Kier molecular flexibility index (Phi) is 5.04. The van der Waals surface area contributed by atoms with E-state index in [0.29, 0.717) is 12.4 Å². The van der Waals surface area contributed by atoms with E-state index in [1.54, 1.807) is 6.08 Å². The van der Waals surface area contributed by atoms with Crippen LogP contribution in [0.1, 0.15) is 22.8 Å². The molecule has 0 bridgehead atoms. The highest BCUT2D eigenvalue weighted by Gasteiger charge is 2.18. The number of rotatable bonds is 5. The fourth-order valence-electron chi connectivity index (χ4n) is 2.44. The number of allylic oxidation sites excluding steroid dienone is 1. The van der Waals surface area contributed by atoms with Crippen LogP contribution in [0, 0.1) is 6.92 Å². The van der Waals surface area contributed by atoms with Gasteiger partial charge in [-0.1, -0.05) is 54.6 Å². The van der Waals surface area contributed by atoms with Crippen LogP contribution >= 0.6 is 0 Å². The van der Waals surface area contributed by atoms with E-state index in [-0.39, 0.29) is 11.9 Å². The zero-order valence-corrected chi connectivity index (χ0v) is 14.2. The Morgan fingerprint density at radius 1 is 1.12 bits per heavy atom. The van der Waals surface area contributed by atoms with E-state index in [4.69, 9.17) is 4.74 Å². The maximum atomic E-state index is 12.7. The second-order valence-electron chi connectivity index (χ2n) is 5.46. The van der Waals surface area contributed by atoms with Crippen molar-refractivity contribution in [1.82, 2.24) is 14.8 Å². The van der Waals surface area contributed by atoms with Crippen LogP contribution in [0.15, 0.2) is 60.7 Å². The molecule has 0 saturated heterocycles. The van der Waals surface area contributed by atoms with Gasteiger partial charge in [0.1, 0.15) is 0 Å². The Morgan fingerprint density at radius 3 is 2.56 bits per heavy atom. The molecule has 0 unspecified atom stereocenters. The van der Waals surface area contributed by atoms with Crippen molar-refractivity contribution in [2.75, 3.05) is 6.61 Å². The molecule has 3 rings (SSSR count). The van der Waals surface area contributed by atoms with Gasteiger partial charge in [0.15, 0.2) is 5.82 Å². The van der Waals surface area contributed by atoms with Gasteiger partial charge in [0.05, 0.1) is 6.61 Å². The van der Waals surface area contributed by atoms with E-state index in [1.165, 1.54) is 10.8 Å². The van der Waals surface area contributed by atoms with Gasteiger partial charge < -0.3 is 4.74 Å². The number of aromatic nitrogens is 3. The second-order valence-corrected chi connectivity index (χ2v) is 5.46. The number of carbonyl (C=O) groups is 1. The number of carbonyl (C=O) groups excluding carboxylic acids is 1. The Labute approximate surface area is 146 Å². The molecule has 5 nitrogen and oxygen atoms in total. The van der Waals surface area contributed by atoms with Crippen molar-refractivity contribution >= 4 is 12.0 Å². The number of hydrogen-bond acceptors (Lipinski definition) is 4. The van der Waals surface area contributed by atoms with Crippen LogP contribution in [0.25, 0.3) is 17.5 Å². The Balaban J connectivity index is 1.98. The lowest BCUT2D eigenvalue weighted by Crippen LogP contribution is -2.11. The van der Waals surface area contributed by atoms with Crippen molar-refractivity contribution in [2.45, 2.75) is 13.8 Å². The van der Waals surface area contributed by atoms with Gasteiger partial charge in [-0.25, -0.2) is 0 Å². The topological polar surface area (TPSA) is 57.0 Å². The van der Waals surface area contributed by atoms with Crippen LogP contribution in [0.2, 0.25) is 0 Å². The number of ether oxygens (including phenoxy) is 1. The lowest BCUT2D eigenvalue weighted by Gasteiger charge is -2.04. The highest BCUT2D eigenvalue weighted by atomic mass is 16.5. The second kappa shape index (κ2) is 7.57. The molecule has 1 aromatic heterocycles. The van der Waals surface area contributed by atoms with Gasteiger partial charge in [-0.05, 0) is 31.1 Å². The molecule has 0 fully saturated rings. The summed E-state index contributed by atoms with van der Waals surface area (Å²) in [7, 11) is 0. The first kappa shape index (κ1) is 16.6. The third-order valence-corrected chi connectivity index (χ3v) is 3.67. The van der Waals surface area contributed by atoms with E-state index in [0.717, 1.165) is 16.7 Å². The van der Waals surface area contributed by atoms with Gasteiger partial charge in [-0.3, -0.25) is 4.79 Å². The van der Waals surface area contributed by atoms with Gasteiger partial charge in [0.25, 0.3) is 5.91 Å². The highest BCUT2D eigenvalue weighted by molar-refractivity contribution is 5.95. The zero-order chi connectivity index (χ0) is 17.6. The molecule has 0 amide bonds. The fourth-order valence-corrected chi connectivity index (χ4v) is 2.44. The molecule has 25 heavy (non-hydrogen) atoms. The van der Waals surface area contributed by atoms with Gasteiger partial charge in [0, 0.05) is 11.6 Å². The molecule has 1 heterocycles. The molecule has 2 aromatic carbocycles. The van der Waals surface area contributed by atoms with Crippen LogP contribution in [-0.2, 0) is 0 Å². The van der Waals surface area contributed by atoms with E-state index < -0.39 is 0 Å². The lowest BCUT2D eigenvalue weighted by molar-refractivity contribution is 0.0955. The number of nitrogens with zero attached hydrogens (tertiary/aromatic N) is 3. The molecule has 126 valence electrons. The Hall–Kier alpha value is -3.21. The number of hydrogen-bond donors (Lipinski definition) is 0. The maximum Gasteiger partial charge on any atom is 0.336 e. The number of aryl methyl sites for hydroxylation is 1. The molecule has 0 spiro atoms. The van der Waals surface area contributed by atoms with Crippen LogP contribution in [0.4, 0.5) is 0 Å². The summed E-state index contributed by atoms with van der Waals surface area (Å²) in [5, 5.41) is 4.21. The third kappa shape index (κ3) is 3.83. The van der Waals surface area contributed by atoms with Crippen molar-refractivity contribution in [3.63, 3.8) is 0 Å². The Bertz CT molecular complexity index is 898. The van der Waals surface area contributed by atoms with Crippen LogP contribution < -0.4 is 4.74 Å². The third-order valence-electron chi connectivity index (χ3n) is 3.67. The SMILES string of the molecule is CCOc1nc(-c2ccccc2C)n(C(=O)/C=C/c2ccccc2)n1.